The summed E-state index contributed by atoms with van der Waals surface area (Å²) in [6.45, 7) is 5.50. The van der Waals surface area contributed by atoms with Crippen molar-refractivity contribution >= 4 is 10.9 Å². The standard InChI is InChI=1S/C13H15NO/c1-9-11(13(2,3)15)8-10-6-4-5-7-12(10)14-9/h4-8,15H,1-3H3. The highest BCUT2D eigenvalue weighted by Crippen LogP contribution is 2.25. The normalized spacial score (nSPS) is 12.0. The molecule has 0 aliphatic rings. The predicted molar refractivity (Wildman–Crippen MR) is 61.7 cm³/mol. The molecule has 0 fully saturated rings. The van der Waals surface area contributed by atoms with E-state index in [0.29, 0.717) is 0 Å². The molecule has 2 aromatic rings. The molecule has 0 amide bonds. The highest BCUT2D eigenvalue weighted by Gasteiger charge is 2.19. The van der Waals surface area contributed by atoms with Crippen LogP contribution in [-0.4, -0.2) is 10.1 Å². The molecular formula is C13H15NO. The Morgan fingerprint density at radius 3 is 2.53 bits per heavy atom. The number of para-hydroxylation sites is 1. The fourth-order valence-corrected chi connectivity index (χ4v) is 1.83. The van der Waals surface area contributed by atoms with Gasteiger partial charge in [0.1, 0.15) is 0 Å². The van der Waals surface area contributed by atoms with Gasteiger partial charge in [0.25, 0.3) is 0 Å². The quantitative estimate of drug-likeness (QED) is 0.769. The van der Waals surface area contributed by atoms with Crippen LogP contribution in [-0.2, 0) is 5.60 Å². The molecule has 1 aromatic heterocycles. The largest absolute Gasteiger partial charge is 0.386 e. The number of hydrogen-bond donors (Lipinski definition) is 1. The maximum Gasteiger partial charge on any atom is 0.0858 e. The molecule has 0 unspecified atom stereocenters. The van der Waals surface area contributed by atoms with Gasteiger partial charge in [0.2, 0.25) is 0 Å². The first-order valence-corrected chi connectivity index (χ1v) is 5.08. The average Bonchev–Trinajstić information content (AvgIpc) is 2.15. The van der Waals surface area contributed by atoms with E-state index in [9.17, 15) is 5.11 Å². The summed E-state index contributed by atoms with van der Waals surface area (Å²) in [5.41, 5.74) is 1.92. The molecule has 0 aliphatic carbocycles. The van der Waals surface area contributed by atoms with Crippen LogP contribution < -0.4 is 0 Å². The lowest BCUT2D eigenvalue weighted by molar-refractivity contribution is 0.0777. The van der Waals surface area contributed by atoms with E-state index in [1.165, 1.54) is 0 Å². The third kappa shape index (κ3) is 1.85. The second-order valence-electron chi connectivity index (χ2n) is 4.37. The van der Waals surface area contributed by atoms with Crippen molar-refractivity contribution in [3.63, 3.8) is 0 Å². The number of pyridine rings is 1. The highest BCUT2D eigenvalue weighted by molar-refractivity contribution is 5.79. The van der Waals surface area contributed by atoms with E-state index < -0.39 is 5.60 Å². The number of aryl methyl sites for hydroxylation is 1. The Balaban J connectivity index is 2.73. The van der Waals surface area contributed by atoms with Crippen molar-refractivity contribution in [3.05, 3.63) is 41.6 Å². The molecule has 0 aliphatic heterocycles. The molecule has 1 heterocycles. The van der Waals surface area contributed by atoms with Crippen molar-refractivity contribution in [2.45, 2.75) is 26.4 Å². The van der Waals surface area contributed by atoms with Crippen molar-refractivity contribution < 1.29 is 5.11 Å². The summed E-state index contributed by atoms with van der Waals surface area (Å²) in [5.74, 6) is 0. The minimum atomic E-state index is -0.832. The molecule has 0 saturated carbocycles. The van der Waals surface area contributed by atoms with E-state index in [-0.39, 0.29) is 0 Å². The van der Waals surface area contributed by atoms with Gasteiger partial charge >= 0.3 is 0 Å². The van der Waals surface area contributed by atoms with Crippen LogP contribution in [0.1, 0.15) is 25.1 Å². The number of aromatic nitrogens is 1. The van der Waals surface area contributed by atoms with E-state index >= 15 is 0 Å². The average molecular weight is 201 g/mol. The summed E-state index contributed by atoms with van der Waals surface area (Å²) in [6.07, 6.45) is 0. The Bertz CT molecular complexity index is 497. The van der Waals surface area contributed by atoms with Crippen LogP contribution in [0.25, 0.3) is 10.9 Å². The monoisotopic (exact) mass is 201 g/mol. The molecule has 2 nitrogen and oxygen atoms in total. The molecule has 0 spiro atoms. The number of nitrogens with zero attached hydrogens (tertiary/aromatic N) is 1. The van der Waals surface area contributed by atoms with Crippen molar-refractivity contribution in [2.24, 2.45) is 0 Å². The number of aliphatic hydroxyl groups is 1. The van der Waals surface area contributed by atoms with Gasteiger partial charge in [-0.05, 0) is 32.9 Å². The first-order valence-electron chi connectivity index (χ1n) is 5.08. The van der Waals surface area contributed by atoms with Gasteiger partial charge in [-0.25, -0.2) is 0 Å². The van der Waals surface area contributed by atoms with Crippen LogP contribution in [0.5, 0.6) is 0 Å². The summed E-state index contributed by atoms with van der Waals surface area (Å²) in [6, 6.07) is 9.96. The van der Waals surface area contributed by atoms with E-state index in [1.807, 2.05) is 37.3 Å². The zero-order chi connectivity index (χ0) is 11.1. The summed E-state index contributed by atoms with van der Waals surface area (Å²) in [5, 5.41) is 11.1. The van der Waals surface area contributed by atoms with Gasteiger partial charge in [-0.2, -0.15) is 0 Å². The van der Waals surface area contributed by atoms with Gasteiger partial charge in [0.05, 0.1) is 11.1 Å². The smallest absolute Gasteiger partial charge is 0.0858 e. The zero-order valence-electron chi connectivity index (χ0n) is 9.28. The fraction of sp³-hybridized carbons (Fsp3) is 0.308. The predicted octanol–water partition coefficient (Wildman–Crippen LogP) is 2.77. The maximum atomic E-state index is 9.99. The Labute approximate surface area is 89.6 Å². The molecule has 1 aromatic carbocycles. The van der Waals surface area contributed by atoms with Crippen molar-refractivity contribution in [1.82, 2.24) is 4.98 Å². The first-order chi connectivity index (χ1) is 6.98. The van der Waals surface area contributed by atoms with E-state index in [4.69, 9.17) is 0 Å². The third-order valence-corrected chi connectivity index (χ3v) is 2.57. The summed E-state index contributed by atoms with van der Waals surface area (Å²) in [4.78, 5) is 4.48. The van der Waals surface area contributed by atoms with Crippen LogP contribution in [0.3, 0.4) is 0 Å². The number of fused-ring (bicyclic) bond motifs is 1. The molecule has 1 N–H and O–H groups in total. The SMILES string of the molecule is Cc1nc2ccccc2cc1C(C)(C)O. The van der Waals surface area contributed by atoms with Gasteiger partial charge in [-0.1, -0.05) is 18.2 Å². The van der Waals surface area contributed by atoms with E-state index in [2.05, 4.69) is 4.98 Å². The Hall–Kier alpha value is -1.41. The lowest BCUT2D eigenvalue weighted by Crippen LogP contribution is -2.17. The molecule has 0 bridgehead atoms. The molecule has 2 rings (SSSR count). The Morgan fingerprint density at radius 1 is 1.20 bits per heavy atom. The van der Waals surface area contributed by atoms with Crippen molar-refractivity contribution in [2.75, 3.05) is 0 Å². The van der Waals surface area contributed by atoms with E-state index in [1.54, 1.807) is 13.8 Å². The third-order valence-electron chi connectivity index (χ3n) is 2.57. The van der Waals surface area contributed by atoms with Gasteiger partial charge < -0.3 is 5.11 Å². The molecular weight excluding hydrogens is 186 g/mol. The number of benzene rings is 1. The highest BCUT2D eigenvalue weighted by atomic mass is 16.3. The molecule has 2 heteroatoms. The molecule has 15 heavy (non-hydrogen) atoms. The lowest BCUT2D eigenvalue weighted by atomic mass is 9.95. The number of rotatable bonds is 1. The second-order valence-corrected chi connectivity index (χ2v) is 4.37. The van der Waals surface area contributed by atoms with E-state index in [0.717, 1.165) is 22.2 Å². The fourth-order valence-electron chi connectivity index (χ4n) is 1.83. The van der Waals surface area contributed by atoms with Crippen molar-refractivity contribution in [1.29, 1.82) is 0 Å². The topological polar surface area (TPSA) is 33.1 Å². The minimum Gasteiger partial charge on any atom is -0.386 e. The minimum absolute atomic E-state index is 0.832. The molecule has 78 valence electrons. The van der Waals surface area contributed by atoms with Crippen LogP contribution in [0.15, 0.2) is 30.3 Å². The lowest BCUT2D eigenvalue weighted by Gasteiger charge is -2.20. The van der Waals surface area contributed by atoms with Crippen LogP contribution in [0.2, 0.25) is 0 Å². The number of hydrogen-bond acceptors (Lipinski definition) is 2. The first kappa shape index (κ1) is 10.1. The summed E-state index contributed by atoms with van der Waals surface area (Å²) < 4.78 is 0. The molecule has 0 atom stereocenters. The Morgan fingerprint density at radius 2 is 1.87 bits per heavy atom. The van der Waals surface area contributed by atoms with Crippen LogP contribution >= 0.6 is 0 Å². The molecule has 0 radical (unpaired) electrons. The van der Waals surface area contributed by atoms with Gasteiger partial charge in [-0.3, -0.25) is 4.98 Å². The summed E-state index contributed by atoms with van der Waals surface area (Å²) in [7, 11) is 0. The maximum absolute atomic E-state index is 9.99. The summed E-state index contributed by atoms with van der Waals surface area (Å²) >= 11 is 0. The zero-order valence-corrected chi connectivity index (χ0v) is 9.28. The Kier molecular flexibility index (Phi) is 2.24. The van der Waals surface area contributed by atoms with Gasteiger partial charge in [0.15, 0.2) is 0 Å². The van der Waals surface area contributed by atoms with Crippen molar-refractivity contribution in [3.8, 4) is 0 Å². The molecule has 0 saturated heterocycles. The second kappa shape index (κ2) is 3.31. The van der Waals surface area contributed by atoms with Crippen LogP contribution in [0, 0.1) is 6.92 Å². The van der Waals surface area contributed by atoms with Gasteiger partial charge in [-0.15, -0.1) is 0 Å². The van der Waals surface area contributed by atoms with Crippen LogP contribution in [0.4, 0.5) is 0 Å². The van der Waals surface area contributed by atoms with Gasteiger partial charge in [0, 0.05) is 16.6 Å².